The third-order valence-electron chi connectivity index (χ3n) is 8.38. The van der Waals surface area contributed by atoms with Crippen molar-refractivity contribution in [3.63, 3.8) is 0 Å². The highest BCUT2D eigenvalue weighted by Gasteiger charge is 2.53. The van der Waals surface area contributed by atoms with Gasteiger partial charge in [-0.15, -0.1) is 0 Å². The highest BCUT2D eigenvalue weighted by atomic mass is 32.2. The Morgan fingerprint density at radius 1 is 1.11 bits per heavy atom. The summed E-state index contributed by atoms with van der Waals surface area (Å²) < 4.78 is 5.73. The predicted molar refractivity (Wildman–Crippen MR) is 146 cm³/mol. The maximum absolute atomic E-state index is 13.8. The molecule has 37 heavy (non-hydrogen) atoms. The lowest BCUT2D eigenvalue weighted by Crippen LogP contribution is -2.53. The van der Waals surface area contributed by atoms with E-state index in [1.165, 1.54) is 31.2 Å². The second-order valence-corrected chi connectivity index (χ2v) is 13.5. The van der Waals surface area contributed by atoms with Crippen LogP contribution in [0.15, 0.2) is 24.3 Å². The van der Waals surface area contributed by atoms with Crippen molar-refractivity contribution in [2.45, 2.75) is 88.3 Å². The average Bonchev–Trinajstić information content (AvgIpc) is 3.56. The number of nitrogens with zero attached hydrogens (tertiary/aromatic N) is 2. The van der Waals surface area contributed by atoms with E-state index < -0.39 is 12.1 Å². The number of hydrogen-bond donors (Lipinski definition) is 1. The first kappa shape index (κ1) is 26.7. The Balaban J connectivity index is 1.26. The van der Waals surface area contributed by atoms with Crippen LogP contribution in [0.5, 0.6) is 0 Å². The van der Waals surface area contributed by atoms with Crippen molar-refractivity contribution in [1.29, 1.82) is 0 Å². The lowest BCUT2D eigenvalue weighted by atomic mass is 9.87. The fraction of sp³-hybridized carbons (Fsp3) is 0.690. The largest absolute Gasteiger partial charge is 0.367 e. The van der Waals surface area contributed by atoms with Crippen molar-refractivity contribution in [3.8, 4) is 0 Å². The Kier molecular flexibility index (Phi) is 7.72. The lowest BCUT2D eigenvalue weighted by Gasteiger charge is -2.32. The number of carbonyl (C=O) groups is 3. The number of ketones is 1. The van der Waals surface area contributed by atoms with Crippen LogP contribution in [0.3, 0.4) is 0 Å². The normalized spacial score (nSPS) is 27.8. The molecular weight excluding hydrogens is 486 g/mol. The number of Topliss-reactive ketones (excluding diaryl/α,β-unsaturated/α-hetero) is 1. The molecule has 0 aromatic heterocycles. The summed E-state index contributed by atoms with van der Waals surface area (Å²) in [7, 11) is 0. The van der Waals surface area contributed by atoms with Crippen molar-refractivity contribution >= 4 is 29.4 Å². The molecule has 3 heterocycles. The lowest BCUT2D eigenvalue weighted by molar-refractivity contribution is -0.138. The molecule has 5 rings (SSSR count). The summed E-state index contributed by atoms with van der Waals surface area (Å²) in [5.41, 5.74) is 1.67. The van der Waals surface area contributed by atoms with Gasteiger partial charge in [0.15, 0.2) is 5.78 Å². The SMILES string of the molecule is CS[C@H]1CN(C(=O)C(CC(C)(C)C)NC(=O)c2ccc(C3CCN(C4CC4)CC3)cc2)[C@@H]2C(=O)CO[C@H]12. The molecule has 1 N–H and O–H groups in total. The summed E-state index contributed by atoms with van der Waals surface area (Å²) in [6.07, 6.45) is 7.26. The van der Waals surface area contributed by atoms with Gasteiger partial charge >= 0.3 is 0 Å². The van der Waals surface area contributed by atoms with Gasteiger partial charge in [-0.3, -0.25) is 14.4 Å². The molecule has 3 aliphatic heterocycles. The number of nitrogens with one attached hydrogen (secondary N) is 1. The smallest absolute Gasteiger partial charge is 0.251 e. The summed E-state index contributed by atoms with van der Waals surface area (Å²) in [6.45, 7) is 9.03. The van der Waals surface area contributed by atoms with Gasteiger partial charge in [0, 0.05) is 18.2 Å². The zero-order valence-corrected chi connectivity index (χ0v) is 23.4. The van der Waals surface area contributed by atoms with Gasteiger partial charge in [-0.25, -0.2) is 0 Å². The van der Waals surface area contributed by atoms with Crippen LogP contribution in [-0.2, 0) is 14.3 Å². The van der Waals surface area contributed by atoms with Gasteiger partial charge in [-0.2, -0.15) is 11.8 Å². The first-order valence-corrected chi connectivity index (χ1v) is 15.1. The summed E-state index contributed by atoms with van der Waals surface area (Å²) in [5, 5.41) is 3.09. The van der Waals surface area contributed by atoms with Gasteiger partial charge in [-0.05, 0) is 80.5 Å². The zero-order chi connectivity index (χ0) is 26.3. The highest BCUT2D eigenvalue weighted by molar-refractivity contribution is 7.99. The molecule has 0 radical (unpaired) electrons. The maximum Gasteiger partial charge on any atom is 0.251 e. The Morgan fingerprint density at radius 2 is 1.78 bits per heavy atom. The number of carbonyl (C=O) groups excluding carboxylic acids is 3. The van der Waals surface area contributed by atoms with Gasteiger partial charge in [-0.1, -0.05) is 32.9 Å². The molecule has 7 nitrogen and oxygen atoms in total. The zero-order valence-electron chi connectivity index (χ0n) is 22.6. The van der Waals surface area contributed by atoms with E-state index >= 15 is 0 Å². The maximum atomic E-state index is 13.8. The number of likely N-dealkylation sites (tertiary alicyclic amines) is 2. The fourth-order valence-electron chi connectivity index (χ4n) is 6.25. The second-order valence-electron chi connectivity index (χ2n) is 12.4. The van der Waals surface area contributed by atoms with Crippen LogP contribution in [0.1, 0.15) is 74.7 Å². The number of benzene rings is 1. The summed E-state index contributed by atoms with van der Waals surface area (Å²) in [4.78, 5) is 43.9. The van der Waals surface area contributed by atoms with Gasteiger partial charge < -0.3 is 19.9 Å². The molecule has 1 aromatic carbocycles. The molecule has 4 atom stereocenters. The van der Waals surface area contributed by atoms with E-state index in [0.717, 1.165) is 19.1 Å². The predicted octanol–water partition coefficient (Wildman–Crippen LogP) is 3.47. The molecule has 8 heteroatoms. The average molecular weight is 528 g/mol. The number of fused-ring (bicyclic) bond motifs is 1. The summed E-state index contributed by atoms with van der Waals surface area (Å²) in [5.74, 6) is 0.0619. The number of amides is 2. The molecule has 0 bridgehead atoms. The van der Waals surface area contributed by atoms with Gasteiger partial charge in [0.05, 0.1) is 11.4 Å². The minimum Gasteiger partial charge on any atom is -0.367 e. The summed E-state index contributed by atoms with van der Waals surface area (Å²) in [6, 6.07) is 7.52. The van der Waals surface area contributed by atoms with Crippen LogP contribution in [0.2, 0.25) is 0 Å². The molecule has 1 saturated carbocycles. The van der Waals surface area contributed by atoms with Crippen LogP contribution in [0.4, 0.5) is 0 Å². The van der Waals surface area contributed by atoms with Crippen molar-refractivity contribution in [1.82, 2.24) is 15.1 Å². The summed E-state index contributed by atoms with van der Waals surface area (Å²) >= 11 is 1.62. The molecular formula is C29H41N3O4S. The molecule has 1 aliphatic carbocycles. The number of rotatable bonds is 7. The molecule has 4 aliphatic rings. The number of thioether (sulfide) groups is 1. The van der Waals surface area contributed by atoms with Crippen LogP contribution >= 0.6 is 11.8 Å². The molecule has 0 spiro atoms. The first-order valence-electron chi connectivity index (χ1n) is 13.8. The Hall–Kier alpha value is -1.90. The van der Waals surface area contributed by atoms with Crippen LogP contribution in [-0.4, -0.2) is 89.4 Å². The standard InChI is InChI=1S/C29H41N3O4S/c1-29(2,3)15-22(28(35)32-16-24(37-4)26-25(32)23(33)17-36-26)30-27(34)20-7-5-18(6-8-20)19-11-13-31(14-12-19)21-9-10-21/h5-8,19,21-22,24-26H,9-17H2,1-4H3,(H,30,34)/t22?,24-,25+,26+/m0/s1. The van der Waals surface area contributed by atoms with Crippen LogP contribution in [0.25, 0.3) is 0 Å². The van der Waals surface area contributed by atoms with E-state index in [9.17, 15) is 14.4 Å². The Bertz CT molecular complexity index is 1010. The van der Waals surface area contributed by atoms with E-state index in [4.69, 9.17) is 4.74 Å². The van der Waals surface area contributed by atoms with E-state index in [2.05, 4.69) is 43.1 Å². The Morgan fingerprint density at radius 3 is 2.38 bits per heavy atom. The molecule has 4 fully saturated rings. The van der Waals surface area contributed by atoms with E-state index in [-0.39, 0.29) is 41.0 Å². The highest BCUT2D eigenvalue weighted by Crippen LogP contribution is 2.36. The molecule has 2 amide bonds. The van der Waals surface area contributed by atoms with E-state index in [1.54, 1.807) is 16.7 Å². The molecule has 3 saturated heterocycles. The van der Waals surface area contributed by atoms with Crippen LogP contribution < -0.4 is 5.32 Å². The molecule has 1 unspecified atom stereocenters. The van der Waals surface area contributed by atoms with Gasteiger partial charge in [0.2, 0.25) is 5.91 Å². The third kappa shape index (κ3) is 5.91. The van der Waals surface area contributed by atoms with Crippen molar-refractivity contribution in [2.24, 2.45) is 5.41 Å². The second kappa shape index (κ2) is 10.7. The van der Waals surface area contributed by atoms with E-state index in [1.807, 2.05) is 18.4 Å². The topological polar surface area (TPSA) is 79.0 Å². The van der Waals surface area contributed by atoms with Gasteiger partial charge in [0.25, 0.3) is 5.91 Å². The number of piperidine rings is 1. The Labute approximate surface area is 225 Å². The molecule has 1 aromatic rings. The number of hydrogen-bond acceptors (Lipinski definition) is 6. The minimum absolute atomic E-state index is 0.0470. The van der Waals surface area contributed by atoms with E-state index in [0.29, 0.717) is 24.4 Å². The van der Waals surface area contributed by atoms with Gasteiger partial charge in [0.1, 0.15) is 18.7 Å². The van der Waals surface area contributed by atoms with Crippen molar-refractivity contribution in [3.05, 3.63) is 35.4 Å². The minimum atomic E-state index is -0.700. The van der Waals surface area contributed by atoms with Crippen LogP contribution in [0, 0.1) is 5.41 Å². The fourth-order valence-corrected chi connectivity index (χ4v) is 7.05. The number of ether oxygens (including phenoxy) is 1. The monoisotopic (exact) mass is 527 g/mol. The third-order valence-corrected chi connectivity index (χ3v) is 9.40. The molecule has 202 valence electrons. The first-order chi connectivity index (χ1) is 17.6. The van der Waals surface area contributed by atoms with Crippen molar-refractivity contribution < 1.29 is 19.1 Å². The quantitative estimate of drug-likeness (QED) is 0.585. The van der Waals surface area contributed by atoms with Crippen molar-refractivity contribution in [2.75, 3.05) is 32.5 Å².